The highest BCUT2D eigenvalue weighted by Gasteiger charge is 2.52. The van der Waals surface area contributed by atoms with Crippen molar-refractivity contribution < 1.29 is 14.7 Å². The Morgan fingerprint density at radius 1 is 1.54 bits per heavy atom. The monoisotopic (exact) mass is 270 g/mol. The summed E-state index contributed by atoms with van der Waals surface area (Å²) in [6.45, 7) is 0. The van der Waals surface area contributed by atoms with Crippen LogP contribution in [0.3, 0.4) is 0 Å². The lowest BCUT2D eigenvalue weighted by molar-refractivity contribution is -0.137. The van der Waals surface area contributed by atoms with Gasteiger partial charge in [0.05, 0.1) is 0 Å². The zero-order chi connectivity index (χ0) is 10.4. The van der Waals surface area contributed by atoms with Gasteiger partial charge in [0.25, 0.3) is 5.91 Å². The summed E-state index contributed by atoms with van der Waals surface area (Å²) in [7, 11) is 2.65. The largest absolute Gasteiger partial charge is 0.370 e. The van der Waals surface area contributed by atoms with E-state index in [9.17, 15) is 14.7 Å². The number of hydrogen-bond donors (Lipinski definition) is 1. The summed E-state index contributed by atoms with van der Waals surface area (Å²) in [6, 6.07) is -0.590. The Bertz CT molecular complexity index is 271. The van der Waals surface area contributed by atoms with Crippen molar-refractivity contribution in [2.24, 2.45) is 0 Å². The van der Waals surface area contributed by atoms with Crippen LogP contribution in [0.1, 0.15) is 0 Å². The molecule has 0 bridgehead atoms. The van der Waals surface area contributed by atoms with Crippen LogP contribution in [0, 0.1) is 0 Å². The van der Waals surface area contributed by atoms with E-state index in [0.717, 1.165) is 9.80 Å². The van der Waals surface area contributed by atoms with E-state index in [1.165, 1.54) is 14.1 Å². The van der Waals surface area contributed by atoms with Crippen LogP contribution in [-0.2, 0) is 4.79 Å². The molecule has 0 saturated carbocycles. The van der Waals surface area contributed by atoms with Crippen molar-refractivity contribution in [3.63, 3.8) is 0 Å². The molecule has 1 aliphatic rings. The zero-order valence-electron chi connectivity index (χ0n) is 6.99. The topological polar surface area (TPSA) is 60.9 Å². The van der Waals surface area contributed by atoms with Crippen LogP contribution in [0.2, 0.25) is 0 Å². The molecule has 0 aromatic carbocycles. The number of carbonyl (C=O) groups is 2. The maximum atomic E-state index is 11.4. The molecule has 0 aromatic rings. The Labute approximate surface area is 88.4 Å². The number of alkyl halides is 2. The molecular formula is C6H8BrClN2O3. The first-order chi connectivity index (χ1) is 5.80. The molecule has 0 aromatic heterocycles. The van der Waals surface area contributed by atoms with Crippen molar-refractivity contribution in [1.29, 1.82) is 0 Å². The molecule has 13 heavy (non-hydrogen) atoms. The van der Waals surface area contributed by atoms with Crippen LogP contribution < -0.4 is 0 Å². The van der Waals surface area contributed by atoms with Gasteiger partial charge in [0.2, 0.25) is 3.78 Å². The SMILES string of the molecule is CN1C(=O)N(C)[C@@H](O)[C@](Cl)(Br)C1=O. The van der Waals surface area contributed by atoms with Crippen LogP contribution in [0.5, 0.6) is 0 Å². The van der Waals surface area contributed by atoms with Gasteiger partial charge in [-0.15, -0.1) is 0 Å². The molecule has 0 aliphatic carbocycles. The van der Waals surface area contributed by atoms with Crippen molar-refractivity contribution >= 4 is 39.5 Å². The number of amides is 3. The number of imide groups is 1. The summed E-state index contributed by atoms with van der Waals surface area (Å²) in [5.41, 5.74) is 0. The van der Waals surface area contributed by atoms with E-state index in [2.05, 4.69) is 15.9 Å². The van der Waals surface area contributed by atoms with Gasteiger partial charge in [-0.05, 0) is 0 Å². The first-order valence-electron chi connectivity index (χ1n) is 3.41. The quantitative estimate of drug-likeness (QED) is 0.639. The number of aliphatic hydroxyl groups excluding tert-OH is 1. The number of halogens is 2. The zero-order valence-corrected chi connectivity index (χ0v) is 9.33. The van der Waals surface area contributed by atoms with Crippen molar-refractivity contribution in [2.45, 2.75) is 10.0 Å². The molecule has 0 unspecified atom stereocenters. The molecule has 0 spiro atoms. The second-order valence-electron chi connectivity index (χ2n) is 2.75. The van der Waals surface area contributed by atoms with E-state index in [1.54, 1.807) is 0 Å². The molecule has 74 valence electrons. The van der Waals surface area contributed by atoms with Crippen LogP contribution in [0.4, 0.5) is 4.79 Å². The van der Waals surface area contributed by atoms with Gasteiger partial charge in [-0.25, -0.2) is 4.79 Å². The number of nitrogens with zero attached hydrogens (tertiary/aromatic N) is 2. The number of rotatable bonds is 0. The van der Waals surface area contributed by atoms with E-state index in [4.69, 9.17) is 11.6 Å². The van der Waals surface area contributed by atoms with Crippen molar-refractivity contribution in [2.75, 3.05) is 14.1 Å². The van der Waals surface area contributed by atoms with E-state index < -0.39 is 21.9 Å². The highest BCUT2D eigenvalue weighted by molar-refractivity contribution is 9.10. The first-order valence-corrected chi connectivity index (χ1v) is 4.58. The van der Waals surface area contributed by atoms with Crippen molar-refractivity contribution in [1.82, 2.24) is 9.80 Å². The minimum atomic E-state index is -1.65. The van der Waals surface area contributed by atoms with Crippen LogP contribution in [0.15, 0.2) is 0 Å². The second kappa shape index (κ2) is 3.11. The summed E-state index contributed by atoms with van der Waals surface area (Å²) in [5, 5.41) is 9.44. The molecule has 1 saturated heterocycles. The Morgan fingerprint density at radius 3 is 2.46 bits per heavy atom. The summed E-state index contributed by atoms with van der Waals surface area (Å²) in [4.78, 5) is 24.4. The molecular weight excluding hydrogens is 263 g/mol. The normalized spacial score (nSPS) is 35.6. The van der Waals surface area contributed by atoms with Gasteiger partial charge in [0.1, 0.15) is 0 Å². The van der Waals surface area contributed by atoms with Crippen molar-refractivity contribution in [3.05, 3.63) is 0 Å². The maximum absolute atomic E-state index is 11.4. The van der Waals surface area contributed by atoms with Gasteiger partial charge in [0, 0.05) is 14.1 Å². The minimum absolute atomic E-state index is 0.590. The summed E-state index contributed by atoms with van der Waals surface area (Å²) < 4.78 is -1.65. The third kappa shape index (κ3) is 1.43. The van der Waals surface area contributed by atoms with E-state index in [-0.39, 0.29) is 0 Å². The smallest absolute Gasteiger partial charge is 0.328 e. The summed E-state index contributed by atoms with van der Waals surface area (Å²) in [5.74, 6) is -0.676. The predicted molar refractivity (Wildman–Crippen MR) is 49.4 cm³/mol. The van der Waals surface area contributed by atoms with E-state index in [1.807, 2.05) is 0 Å². The minimum Gasteiger partial charge on any atom is -0.370 e. The van der Waals surface area contributed by atoms with Crippen LogP contribution in [0.25, 0.3) is 0 Å². The molecule has 7 heteroatoms. The fourth-order valence-corrected chi connectivity index (χ4v) is 1.85. The molecule has 1 N–H and O–H groups in total. The third-order valence-electron chi connectivity index (χ3n) is 1.87. The molecule has 1 fully saturated rings. The Balaban J connectivity index is 3.07. The van der Waals surface area contributed by atoms with Crippen molar-refractivity contribution in [3.8, 4) is 0 Å². The molecule has 2 atom stereocenters. The highest BCUT2D eigenvalue weighted by atomic mass is 79.9. The third-order valence-corrected chi connectivity index (χ3v) is 2.98. The fraction of sp³-hybridized carbons (Fsp3) is 0.667. The average Bonchev–Trinajstić information content (AvgIpc) is 2.09. The Morgan fingerprint density at radius 2 is 2.00 bits per heavy atom. The number of urea groups is 1. The number of carbonyl (C=O) groups excluding carboxylic acids is 2. The second-order valence-corrected chi connectivity index (χ2v) is 5.06. The van der Waals surface area contributed by atoms with Crippen LogP contribution >= 0.6 is 27.5 Å². The van der Waals surface area contributed by atoms with Gasteiger partial charge in [-0.3, -0.25) is 14.6 Å². The van der Waals surface area contributed by atoms with Gasteiger partial charge in [-0.1, -0.05) is 27.5 Å². The molecule has 1 aliphatic heterocycles. The van der Waals surface area contributed by atoms with E-state index >= 15 is 0 Å². The van der Waals surface area contributed by atoms with Crippen LogP contribution in [-0.4, -0.2) is 51.0 Å². The molecule has 1 heterocycles. The molecule has 0 radical (unpaired) electrons. The predicted octanol–water partition coefficient (Wildman–Crippen LogP) is 0.159. The highest BCUT2D eigenvalue weighted by Crippen LogP contribution is 2.35. The lowest BCUT2D eigenvalue weighted by Gasteiger charge is -2.40. The fourth-order valence-electron chi connectivity index (χ4n) is 1.01. The van der Waals surface area contributed by atoms with Gasteiger partial charge < -0.3 is 5.11 Å². The number of aliphatic hydroxyl groups is 1. The van der Waals surface area contributed by atoms with Gasteiger partial charge in [-0.2, -0.15) is 0 Å². The summed E-state index contributed by atoms with van der Waals surface area (Å²) >= 11 is 8.57. The first kappa shape index (κ1) is 10.7. The number of hydrogen-bond acceptors (Lipinski definition) is 3. The molecule has 3 amide bonds. The van der Waals surface area contributed by atoms with E-state index in [0.29, 0.717) is 0 Å². The lowest BCUT2D eigenvalue weighted by atomic mass is 10.2. The van der Waals surface area contributed by atoms with Gasteiger partial charge >= 0.3 is 6.03 Å². The Hall–Kier alpha value is -0.330. The average molecular weight is 271 g/mol. The standard InChI is InChI=1S/C6H8BrClN2O3/c1-9-3(11)6(7,8)4(12)10(2)5(9)13/h3,11H,1-2H3/t3-,6+/m0/s1. The maximum Gasteiger partial charge on any atom is 0.328 e. The summed E-state index contributed by atoms with van der Waals surface area (Å²) in [6.07, 6.45) is -1.37. The van der Waals surface area contributed by atoms with Gasteiger partial charge in [0.15, 0.2) is 6.23 Å². The lowest BCUT2D eigenvalue weighted by Crippen LogP contribution is -2.64. The molecule has 1 rings (SSSR count). The molecule has 5 nitrogen and oxygen atoms in total. The Kier molecular flexibility index (Phi) is 2.57.